The number of esters is 2. The summed E-state index contributed by atoms with van der Waals surface area (Å²) in [5.74, 6) is 3.23. The number of aliphatic hydroxyl groups is 1. The SMILES string of the molecule is C=CC(=O)OCCCOc1ccc(-c2ccc(-c3ccc(OC(=O)C(=C)CO)cc3C3CCC(C4CCC(CC)CC4)CC3)cc2)cc1. The summed E-state index contributed by atoms with van der Waals surface area (Å²) in [6.45, 7) is 9.68. The van der Waals surface area contributed by atoms with Crippen molar-refractivity contribution in [2.45, 2.75) is 77.0 Å². The summed E-state index contributed by atoms with van der Waals surface area (Å²) < 4.78 is 16.4. The smallest absolute Gasteiger partial charge is 0.341 e. The van der Waals surface area contributed by atoms with Gasteiger partial charge in [-0.15, -0.1) is 0 Å². The van der Waals surface area contributed by atoms with Gasteiger partial charge >= 0.3 is 11.9 Å². The van der Waals surface area contributed by atoms with Gasteiger partial charge < -0.3 is 19.3 Å². The molecule has 0 heterocycles. The van der Waals surface area contributed by atoms with Crippen LogP contribution in [0, 0.1) is 17.8 Å². The van der Waals surface area contributed by atoms with Gasteiger partial charge in [0, 0.05) is 12.5 Å². The van der Waals surface area contributed by atoms with Crippen LogP contribution in [-0.2, 0) is 14.3 Å². The van der Waals surface area contributed by atoms with Crippen molar-refractivity contribution in [1.82, 2.24) is 0 Å². The molecule has 0 bridgehead atoms. The van der Waals surface area contributed by atoms with Gasteiger partial charge in [-0.1, -0.05) is 81.8 Å². The molecule has 2 aliphatic rings. The van der Waals surface area contributed by atoms with Crippen LogP contribution in [0.4, 0.5) is 0 Å². The number of benzene rings is 3. The summed E-state index contributed by atoms with van der Waals surface area (Å²) in [5, 5.41) is 9.37. The number of carbonyl (C=O) groups is 2. The Morgan fingerprint density at radius 1 is 0.792 bits per heavy atom. The van der Waals surface area contributed by atoms with E-state index >= 15 is 0 Å². The van der Waals surface area contributed by atoms with Crippen LogP contribution in [0.25, 0.3) is 22.3 Å². The summed E-state index contributed by atoms with van der Waals surface area (Å²) >= 11 is 0. The second-order valence-corrected chi connectivity index (χ2v) is 13.4. The highest BCUT2D eigenvalue weighted by atomic mass is 16.5. The lowest BCUT2D eigenvalue weighted by Crippen LogP contribution is -2.25. The lowest BCUT2D eigenvalue weighted by atomic mass is 9.67. The van der Waals surface area contributed by atoms with Crippen molar-refractivity contribution in [3.05, 3.63) is 97.1 Å². The van der Waals surface area contributed by atoms with Gasteiger partial charge in [0.15, 0.2) is 0 Å². The molecule has 6 heteroatoms. The van der Waals surface area contributed by atoms with E-state index in [0.717, 1.165) is 64.7 Å². The molecule has 0 radical (unpaired) electrons. The van der Waals surface area contributed by atoms with Gasteiger partial charge in [-0.3, -0.25) is 0 Å². The first-order chi connectivity index (χ1) is 23.4. The molecule has 0 spiro atoms. The zero-order chi connectivity index (χ0) is 33.9. The molecule has 6 nitrogen and oxygen atoms in total. The Bertz CT molecular complexity index is 1520. The van der Waals surface area contributed by atoms with E-state index in [9.17, 15) is 14.7 Å². The minimum Gasteiger partial charge on any atom is -0.493 e. The minimum absolute atomic E-state index is 0.0423. The Kier molecular flexibility index (Phi) is 12.7. The Labute approximate surface area is 285 Å². The van der Waals surface area contributed by atoms with E-state index in [1.807, 2.05) is 36.4 Å². The van der Waals surface area contributed by atoms with Gasteiger partial charge in [0.1, 0.15) is 11.5 Å². The van der Waals surface area contributed by atoms with Crippen LogP contribution < -0.4 is 9.47 Å². The summed E-state index contributed by atoms with van der Waals surface area (Å²) in [4.78, 5) is 23.6. The molecule has 2 saturated carbocycles. The molecule has 5 rings (SSSR count). The maximum absolute atomic E-state index is 12.4. The fourth-order valence-corrected chi connectivity index (χ4v) is 7.48. The first kappa shape index (κ1) is 35.2. The van der Waals surface area contributed by atoms with E-state index in [2.05, 4.69) is 50.4 Å². The summed E-state index contributed by atoms with van der Waals surface area (Å²) in [6, 6.07) is 22.6. The average Bonchev–Trinajstić information content (AvgIpc) is 3.14. The molecule has 0 saturated heterocycles. The van der Waals surface area contributed by atoms with Gasteiger partial charge in [-0.05, 0) is 114 Å². The molecule has 2 fully saturated rings. The van der Waals surface area contributed by atoms with Crippen molar-refractivity contribution in [1.29, 1.82) is 0 Å². The van der Waals surface area contributed by atoms with Gasteiger partial charge in [-0.25, -0.2) is 9.59 Å². The molecule has 3 aromatic rings. The highest BCUT2D eigenvalue weighted by molar-refractivity contribution is 5.90. The van der Waals surface area contributed by atoms with Crippen molar-refractivity contribution in [3.8, 4) is 33.8 Å². The maximum Gasteiger partial charge on any atom is 0.341 e. The highest BCUT2D eigenvalue weighted by Gasteiger charge is 2.32. The number of ether oxygens (including phenoxy) is 3. The number of aliphatic hydroxyl groups excluding tert-OH is 1. The molecular weight excluding hydrogens is 600 g/mol. The van der Waals surface area contributed by atoms with E-state index in [1.54, 1.807) is 0 Å². The second-order valence-electron chi connectivity index (χ2n) is 13.4. The van der Waals surface area contributed by atoms with Gasteiger partial charge in [0.25, 0.3) is 0 Å². The second kappa shape index (κ2) is 17.3. The van der Waals surface area contributed by atoms with Crippen molar-refractivity contribution < 1.29 is 28.9 Å². The van der Waals surface area contributed by atoms with E-state index in [0.29, 0.717) is 31.3 Å². The van der Waals surface area contributed by atoms with Crippen LogP contribution >= 0.6 is 0 Å². The monoisotopic (exact) mass is 650 g/mol. The predicted octanol–water partition coefficient (Wildman–Crippen LogP) is 9.46. The molecule has 1 N–H and O–H groups in total. The first-order valence-electron chi connectivity index (χ1n) is 17.7. The van der Waals surface area contributed by atoms with Gasteiger partial charge in [-0.2, -0.15) is 0 Å². The number of rotatable bonds is 14. The van der Waals surface area contributed by atoms with Crippen LogP contribution in [0.3, 0.4) is 0 Å². The fraction of sp³-hybridized carbons (Fsp3) is 0.429. The number of carbonyl (C=O) groups excluding carboxylic acids is 2. The largest absolute Gasteiger partial charge is 0.493 e. The van der Waals surface area contributed by atoms with E-state index in [4.69, 9.17) is 14.2 Å². The Hall–Kier alpha value is -4.16. The third-order valence-electron chi connectivity index (χ3n) is 10.4. The van der Waals surface area contributed by atoms with Crippen LogP contribution in [0.2, 0.25) is 0 Å². The molecule has 3 aromatic carbocycles. The topological polar surface area (TPSA) is 82.1 Å². The quantitative estimate of drug-likeness (QED) is 0.0810. The molecular formula is C42H50O6. The van der Waals surface area contributed by atoms with E-state index in [-0.39, 0.29) is 5.57 Å². The molecule has 0 atom stereocenters. The predicted molar refractivity (Wildman–Crippen MR) is 191 cm³/mol. The van der Waals surface area contributed by atoms with Crippen LogP contribution in [0.15, 0.2) is 91.5 Å². The standard InChI is InChI=1S/C42H50O6/c1-4-30-7-9-31(10-8-30)32-13-17-36(18-14-32)40-27-38(48-42(45)29(3)28-43)23-24-39(40)35-15-11-33(12-16-35)34-19-21-37(22-20-34)46-25-6-26-47-41(44)5-2/h5,11-12,15-16,19-24,27,30-32,36,43H,2-4,6-10,13-14,17-18,25-26,28H2,1H3. The third kappa shape index (κ3) is 9.25. The van der Waals surface area contributed by atoms with Crippen LogP contribution in [0.5, 0.6) is 11.5 Å². The highest BCUT2D eigenvalue weighted by Crippen LogP contribution is 2.46. The van der Waals surface area contributed by atoms with Crippen LogP contribution in [0.1, 0.15) is 82.6 Å². The first-order valence-corrected chi connectivity index (χ1v) is 17.7. The molecule has 254 valence electrons. The lowest BCUT2D eigenvalue weighted by Gasteiger charge is -2.38. The number of hydrogen-bond donors (Lipinski definition) is 1. The summed E-state index contributed by atoms with van der Waals surface area (Å²) in [7, 11) is 0. The molecule has 0 amide bonds. The zero-order valence-electron chi connectivity index (χ0n) is 28.3. The van der Waals surface area contributed by atoms with Crippen molar-refractivity contribution in [2.75, 3.05) is 19.8 Å². The fourth-order valence-electron chi connectivity index (χ4n) is 7.48. The van der Waals surface area contributed by atoms with Crippen LogP contribution in [-0.4, -0.2) is 36.9 Å². The van der Waals surface area contributed by atoms with Crippen molar-refractivity contribution >= 4 is 11.9 Å². The number of hydrogen-bond acceptors (Lipinski definition) is 6. The summed E-state index contributed by atoms with van der Waals surface area (Å²) in [5.41, 5.74) is 5.75. The van der Waals surface area contributed by atoms with Crippen molar-refractivity contribution in [2.24, 2.45) is 17.8 Å². The van der Waals surface area contributed by atoms with Crippen molar-refractivity contribution in [3.63, 3.8) is 0 Å². The molecule has 0 aromatic heterocycles. The Morgan fingerprint density at radius 2 is 1.38 bits per heavy atom. The maximum atomic E-state index is 12.4. The van der Waals surface area contributed by atoms with E-state index in [1.165, 1.54) is 50.5 Å². The molecule has 0 unspecified atom stereocenters. The van der Waals surface area contributed by atoms with Gasteiger partial charge in [0.05, 0.1) is 25.4 Å². The molecule has 0 aliphatic heterocycles. The lowest BCUT2D eigenvalue weighted by molar-refractivity contribution is -0.138. The molecule has 48 heavy (non-hydrogen) atoms. The third-order valence-corrected chi connectivity index (χ3v) is 10.4. The molecule has 2 aliphatic carbocycles. The Morgan fingerprint density at radius 3 is 1.98 bits per heavy atom. The zero-order valence-corrected chi connectivity index (χ0v) is 28.3. The normalized spacial score (nSPS) is 20.8. The van der Waals surface area contributed by atoms with E-state index < -0.39 is 18.5 Å². The summed E-state index contributed by atoms with van der Waals surface area (Å²) in [6.07, 6.45) is 13.4. The average molecular weight is 651 g/mol. The van der Waals surface area contributed by atoms with Gasteiger partial charge in [0.2, 0.25) is 0 Å². The Balaban J connectivity index is 1.27. The minimum atomic E-state index is -0.600.